The summed E-state index contributed by atoms with van der Waals surface area (Å²) in [7, 11) is 0. The van der Waals surface area contributed by atoms with E-state index in [9.17, 15) is 9.90 Å². The van der Waals surface area contributed by atoms with E-state index in [-0.39, 0.29) is 12.6 Å². The number of amides is 2. The van der Waals surface area contributed by atoms with Crippen molar-refractivity contribution in [1.29, 1.82) is 0 Å². The van der Waals surface area contributed by atoms with Gasteiger partial charge in [-0.05, 0) is 16.7 Å². The van der Waals surface area contributed by atoms with E-state index in [0.717, 1.165) is 16.7 Å². The predicted molar refractivity (Wildman–Crippen MR) is 85.5 cm³/mol. The van der Waals surface area contributed by atoms with E-state index in [1.165, 1.54) is 0 Å². The quantitative estimate of drug-likeness (QED) is 0.808. The van der Waals surface area contributed by atoms with E-state index >= 15 is 0 Å². The van der Waals surface area contributed by atoms with Crippen molar-refractivity contribution in [3.05, 3.63) is 71.3 Å². The van der Waals surface area contributed by atoms with Gasteiger partial charge in [0.1, 0.15) is 0 Å². The Morgan fingerprint density at radius 2 is 1.55 bits per heavy atom. The van der Waals surface area contributed by atoms with Gasteiger partial charge in [0.2, 0.25) is 0 Å². The number of hydrogen-bond acceptors (Lipinski definition) is 2. The third kappa shape index (κ3) is 3.46. The Balaban J connectivity index is 1.48. The van der Waals surface area contributed by atoms with Gasteiger partial charge < -0.3 is 15.7 Å². The first-order valence-electron chi connectivity index (χ1n) is 7.49. The number of nitrogens with one attached hydrogen (secondary N) is 2. The normalized spacial score (nSPS) is 15.1. The fraction of sp³-hybridized carbons (Fsp3) is 0.278. The Bertz CT molecular complexity index is 630. The zero-order valence-electron chi connectivity index (χ0n) is 12.4. The van der Waals surface area contributed by atoms with Gasteiger partial charge in [-0.3, -0.25) is 0 Å². The zero-order valence-corrected chi connectivity index (χ0v) is 12.4. The molecule has 0 heterocycles. The Morgan fingerprint density at radius 3 is 2.18 bits per heavy atom. The monoisotopic (exact) mass is 296 g/mol. The number of rotatable bonds is 4. The molecule has 1 aliphatic rings. The van der Waals surface area contributed by atoms with Crippen molar-refractivity contribution < 1.29 is 9.90 Å². The lowest BCUT2D eigenvalue weighted by molar-refractivity contribution is 0.0536. The summed E-state index contributed by atoms with van der Waals surface area (Å²) < 4.78 is 0. The second-order valence-electron chi connectivity index (χ2n) is 5.87. The molecule has 0 aromatic heterocycles. The van der Waals surface area contributed by atoms with E-state index < -0.39 is 5.60 Å². The number of carbonyl (C=O) groups is 1. The molecule has 0 saturated carbocycles. The molecule has 2 aromatic carbocycles. The summed E-state index contributed by atoms with van der Waals surface area (Å²) in [6.45, 7) is 0.730. The Labute approximate surface area is 130 Å². The van der Waals surface area contributed by atoms with Gasteiger partial charge in [-0.15, -0.1) is 0 Å². The fourth-order valence-corrected chi connectivity index (χ4v) is 2.88. The highest BCUT2D eigenvalue weighted by Gasteiger charge is 2.35. The van der Waals surface area contributed by atoms with Gasteiger partial charge in [0.15, 0.2) is 0 Å². The molecule has 22 heavy (non-hydrogen) atoms. The average Bonchev–Trinajstić information content (AvgIpc) is 2.88. The number of hydrogen-bond donors (Lipinski definition) is 3. The van der Waals surface area contributed by atoms with Crippen LogP contribution in [0, 0.1) is 0 Å². The van der Waals surface area contributed by atoms with Crippen molar-refractivity contribution in [2.24, 2.45) is 0 Å². The highest BCUT2D eigenvalue weighted by molar-refractivity contribution is 5.73. The van der Waals surface area contributed by atoms with E-state index in [1.807, 2.05) is 54.6 Å². The molecule has 1 aliphatic carbocycles. The third-order valence-corrected chi connectivity index (χ3v) is 4.03. The maximum Gasteiger partial charge on any atom is 0.315 e. The number of urea groups is 1. The van der Waals surface area contributed by atoms with Crippen LogP contribution in [0.25, 0.3) is 0 Å². The molecule has 0 saturated heterocycles. The van der Waals surface area contributed by atoms with Gasteiger partial charge in [0.05, 0.1) is 5.60 Å². The summed E-state index contributed by atoms with van der Waals surface area (Å²) in [5, 5.41) is 16.2. The average molecular weight is 296 g/mol. The summed E-state index contributed by atoms with van der Waals surface area (Å²) in [6.07, 6.45) is 1.17. The van der Waals surface area contributed by atoms with Crippen LogP contribution >= 0.6 is 0 Å². The molecule has 4 nitrogen and oxygen atoms in total. The Hall–Kier alpha value is -2.33. The zero-order chi connectivity index (χ0) is 15.4. The number of carbonyl (C=O) groups excluding carboxylic acids is 1. The van der Waals surface area contributed by atoms with Crippen molar-refractivity contribution in [2.75, 3.05) is 6.54 Å². The molecular formula is C18H20N2O2. The SMILES string of the molecule is O=C(NCc1ccccc1)NCC1(O)Cc2ccccc2C1. The molecule has 0 aliphatic heterocycles. The standard InChI is InChI=1S/C18H20N2O2/c21-17(19-12-14-6-2-1-3-7-14)20-13-18(22)10-15-8-4-5-9-16(15)11-18/h1-9,22H,10-13H2,(H2,19,20,21). The molecule has 0 spiro atoms. The summed E-state index contributed by atoms with van der Waals surface area (Å²) in [6, 6.07) is 17.5. The van der Waals surface area contributed by atoms with Crippen LogP contribution in [0.5, 0.6) is 0 Å². The highest BCUT2D eigenvalue weighted by Crippen LogP contribution is 2.29. The van der Waals surface area contributed by atoms with Crippen LogP contribution < -0.4 is 10.6 Å². The summed E-state index contributed by atoms with van der Waals surface area (Å²) in [5.74, 6) is 0. The molecule has 0 radical (unpaired) electrons. The summed E-state index contributed by atoms with van der Waals surface area (Å²) in [4.78, 5) is 11.9. The molecule has 114 valence electrons. The van der Waals surface area contributed by atoms with Gasteiger partial charge in [0.25, 0.3) is 0 Å². The van der Waals surface area contributed by atoms with E-state index in [1.54, 1.807) is 0 Å². The van der Waals surface area contributed by atoms with E-state index in [0.29, 0.717) is 19.4 Å². The van der Waals surface area contributed by atoms with Crippen LogP contribution in [0.2, 0.25) is 0 Å². The van der Waals surface area contributed by atoms with Gasteiger partial charge >= 0.3 is 6.03 Å². The minimum atomic E-state index is -0.881. The first-order valence-corrected chi connectivity index (χ1v) is 7.49. The largest absolute Gasteiger partial charge is 0.387 e. The van der Waals surface area contributed by atoms with Gasteiger partial charge in [-0.1, -0.05) is 54.6 Å². The maximum atomic E-state index is 11.9. The first-order chi connectivity index (χ1) is 10.6. The maximum absolute atomic E-state index is 11.9. The predicted octanol–water partition coefficient (Wildman–Crippen LogP) is 2.02. The van der Waals surface area contributed by atoms with Gasteiger partial charge in [-0.2, -0.15) is 0 Å². The lowest BCUT2D eigenvalue weighted by Crippen LogP contribution is -2.46. The molecule has 0 fully saturated rings. The molecule has 4 heteroatoms. The van der Waals surface area contributed by atoms with Crippen molar-refractivity contribution in [1.82, 2.24) is 10.6 Å². The van der Waals surface area contributed by atoms with E-state index in [2.05, 4.69) is 10.6 Å². The number of aliphatic hydroxyl groups is 1. The van der Waals surface area contributed by atoms with Crippen LogP contribution in [0.15, 0.2) is 54.6 Å². The summed E-state index contributed by atoms with van der Waals surface area (Å²) in [5.41, 5.74) is 2.49. The topological polar surface area (TPSA) is 61.4 Å². The highest BCUT2D eigenvalue weighted by atomic mass is 16.3. The molecule has 0 atom stereocenters. The van der Waals surface area contributed by atoms with Crippen LogP contribution in [-0.4, -0.2) is 23.3 Å². The Morgan fingerprint density at radius 1 is 0.955 bits per heavy atom. The van der Waals surface area contributed by atoms with Crippen LogP contribution in [0.3, 0.4) is 0 Å². The minimum absolute atomic E-state index is 0.252. The van der Waals surface area contributed by atoms with Crippen molar-refractivity contribution >= 4 is 6.03 Å². The fourth-order valence-electron chi connectivity index (χ4n) is 2.88. The van der Waals surface area contributed by atoms with Gasteiger partial charge in [-0.25, -0.2) is 4.79 Å². The van der Waals surface area contributed by atoms with Crippen molar-refractivity contribution in [2.45, 2.75) is 25.0 Å². The second-order valence-corrected chi connectivity index (χ2v) is 5.87. The molecule has 2 amide bonds. The summed E-state index contributed by atoms with van der Waals surface area (Å²) >= 11 is 0. The van der Waals surface area contributed by atoms with Crippen LogP contribution in [0.1, 0.15) is 16.7 Å². The molecule has 0 bridgehead atoms. The van der Waals surface area contributed by atoms with Crippen molar-refractivity contribution in [3.63, 3.8) is 0 Å². The number of fused-ring (bicyclic) bond motifs is 1. The van der Waals surface area contributed by atoms with Crippen molar-refractivity contribution in [3.8, 4) is 0 Å². The lowest BCUT2D eigenvalue weighted by Gasteiger charge is -2.22. The van der Waals surface area contributed by atoms with E-state index in [4.69, 9.17) is 0 Å². The first kappa shape index (κ1) is 14.6. The molecule has 3 N–H and O–H groups in total. The smallest absolute Gasteiger partial charge is 0.315 e. The third-order valence-electron chi connectivity index (χ3n) is 4.03. The van der Waals surface area contributed by atoms with Crippen LogP contribution in [0.4, 0.5) is 4.79 Å². The van der Waals surface area contributed by atoms with Gasteiger partial charge in [0, 0.05) is 25.9 Å². The number of benzene rings is 2. The molecule has 2 aromatic rings. The second kappa shape index (κ2) is 6.20. The molecular weight excluding hydrogens is 276 g/mol. The van der Waals surface area contributed by atoms with Crippen LogP contribution in [-0.2, 0) is 19.4 Å². The lowest BCUT2D eigenvalue weighted by atomic mass is 10.0. The molecule has 3 rings (SSSR count). The minimum Gasteiger partial charge on any atom is -0.387 e. The molecule has 0 unspecified atom stereocenters. The Kier molecular flexibility index (Phi) is 4.11.